The van der Waals surface area contributed by atoms with Gasteiger partial charge >= 0.3 is 0 Å². The highest BCUT2D eigenvalue weighted by Gasteiger charge is 2.51. The van der Waals surface area contributed by atoms with Crippen LogP contribution in [0.4, 0.5) is 0 Å². The average molecular weight is 663 g/mol. The average Bonchev–Trinajstić information content (AvgIpc) is 3.03. The zero-order valence-electron chi connectivity index (χ0n) is 24.0. The van der Waals surface area contributed by atoms with Crippen molar-refractivity contribution >= 4 is 0 Å². The molecule has 0 unspecified atom stereocenters. The van der Waals surface area contributed by atoms with Crippen LogP contribution in [0.1, 0.15) is 0 Å². The standard InChI is InChI=1S/C24H46N4O17/c25-9-11(27)22(45-24-19(38)17(36)15(34)6(2-30)41-24)43-8(13(9)32)4-39-21-12(28)10(26)20(7(3-31)42-21)44-23-18(37)16(35)14(33)5(1-29)40-23/h5-24,29-38H,1-4,25-28H2/t5-,6-,7-,8-,9-,10-,11-,12-,13-,14-,15-,16+,17+,18+,19+,20-,21-,22+,23-,24-/m1/s1. The van der Waals surface area contributed by atoms with Crippen LogP contribution in [0.25, 0.3) is 0 Å². The van der Waals surface area contributed by atoms with Crippen LogP contribution in [0.2, 0.25) is 0 Å². The summed E-state index contributed by atoms with van der Waals surface area (Å²) in [6.45, 7) is -2.53. The summed E-state index contributed by atoms with van der Waals surface area (Å²) in [5.41, 5.74) is 24.7. The van der Waals surface area contributed by atoms with Crippen molar-refractivity contribution < 1.29 is 84.2 Å². The quantitative estimate of drug-likeness (QED) is 0.103. The Morgan fingerprint density at radius 1 is 0.422 bits per heavy atom. The van der Waals surface area contributed by atoms with E-state index in [9.17, 15) is 51.1 Å². The van der Waals surface area contributed by atoms with Crippen molar-refractivity contribution in [2.75, 3.05) is 26.4 Å². The topological polar surface area (TPSA) is 371 Å². The lowest BCUT2D eigenvalue weighted by Crippen LogP contribution is -2.69. The molecule has 21 nitrogen and oxygen atoms in total. The molecule has 0 amide bonds. The third-order valence-corrected chi connectivity index (χ3v) is 8.52. The highest BCUT2D eigenvalue weighted by atomic mass is 16.8. The summed E-state index contributed by atoms with van der Waals surface area (Å²) in [4.78, 5) is 0. The Morgan fingerprint density at radius 3 is 1.38 bits per heavy atom. The van der Waals surface area contributed by atoms with Crippen LogP contribution in [-0.4, -0.2) is 200 Å². The van der Waals surface area contributed by atoms with Crippen molar-refractivity contribution in [1.82, 2.24) is 0 Å². The number of ether oxygens (including phenoxy) is 7. The van der Waals surface area contributed by atoms with Gasteiger partial charge in [-0.3, -0.25) is 0 Å². The lowest BCUT2D eigenvalue weighted by molar-refractivity contribution is -0.360. The molecule has 4 heterocycles. The molecule has 4 fully saturated rings. The van der Waals surface area contributed by atoms with Crippen LogP contribution in [0.5, 0.6) is 0 Å². The molecular weight excluding hydrogens is 616 g/mol. The molecule has 0 saturated carbocycles. The van der Waals surface area contributed by atoms with Crippen LogP contribution >= 0.6 is 0 Å². The van der Waals surface area contributed by atoms with Crippen molar-refractivity contribution in [2.24, 2.45) is 22.9 Å². The van der Waals surface area contributed by atoms with Gasteiger partial charge in [-0.1, -0.05) is 0 Å². The Hall–Kier alpha value is -0.840. The van der Waals surface area contributed by atoms with Crippen molar-refractivity contribution in [3.63, 3.8) is 0 Å². The molecule has 0 aromatic carbocycles. The van der Waals surface area contributed by atoms with E-state index in [0.29, 0.717) is 0 Å². The van der Waals surface area contributed by atoms with E-state index in [0.717, 1.165) is 0 Å². The summed E-state index contributed by atoms with van der Waals surface area (Å²) in [5.74, 6) is 0. The largest absolute Gasteiger partial charge is 0.394 e. The first-order valence-electron chi connectivity index (χ1n) is 14.4. The number of hydrogen-bond acceptors (Lipinski definition) is 21. The zero-order valence-corrected chi connectivity index (χ0v) is 24.0. The normalized spacial score (nSPS) is 52.9. The van der Waals surface area contributed by atoms with Crippen LogP contribution in [0, 0.1) is 0 Å². The predicted molar refractivity (Wildman–Crippen MR) is 142 cm³/mol. The van der Waals surface area contributed by atoms with Crippen molar-refractivity contribution in [3.05, 3.63) is 0 Å². The zero-order chi connectivity index (χ0) is 33.3. The highest BCUT2D eigenvalue weighted by molar-refractivity contribution is 4.99. The summed E-state index contributed by atoms with van der Waals surface area (Å²) >= 11 is 0. The summed E-state index contributed by atoms with van der Waals surface area (Å²) < 4.78 is 39.2. The van der Waals surface area contributed by atoms with E-state index in [1.54, 1.807) is 0 Å². The van der Waals surface area contributed by atoms with E-state index in [2.05, 4.69) is 0 Å². The molecule has 21 heteroatoms. The molecule has 4 saturated heterocycles. The molecule has 0 radical (unpaired) electrons. The van der Waals surface area contributed by atoms with Gasteiger partial charge in [-0.2, -0.15) is 0 Å². The van der Waals surface area contributed by atoms with Crippen LogP contribution < -0.4 is 22.9 Å². The van der Waals surface area contributed by atoms with E-state index in [1.807, 2.05) is 0 Å². The molecule has 0 aliphatic carbocycles. The molecule has 0 aromatic heterocycles. The van der Waals surface area contributed by atoms with E-state index in [4.69, 9.17) is 56.1 Å². The van der Waals surface area contributed by atoms with Crippen LogP contribution in [-0.2, 0) is 33.2 Å². The van der Waals surface area contributed by atoms with Gasteiger partial charge in [0.05, 0.1) is 56.7 Å². The fraction of sp³-hybridized carbons (Fsp3) is 1.00. The van der Waals surface area contributed by atoms with Crippen LogP contribution in [0.3, 0.4) is 0 Å². The smallest absolute Gasteiger partial charge is 0.189 e. The van der Waals surface area contributed by atoms with Crippen molar-refractivity contribution in [3.8, 4) is 0 Å². The van der Waals surface area contributed by atoms with E-state index < -0.39 is 149 Å². The monoisotopic (exact) mass is 662 g/mol. The number of aliphatic hydroxyl groups is 10. The van der Waals surface area contributed by atoms with Gasteiger partial charge in [-0.25, -0.2) is 0 Å². The molecule has 4 rings (SSSR count). The maximum absolute atomic E-state index is 10.7. The number of aliphatic hydroxyl groups excluding tert-OH is 10. The summed E-state index contributed by atoms with van der Waals surface area (Å²) in [6, 6.07) is -4.62. The molecule has 4 aliphatic heterocycles. The van der Waals surface area contributed by atoms with Gasteiger partial charge in [0.2, 0.25) is 0 Å². The van der Waals surface area contributed by atoms with E-state index in [1.165, 1.54) is 0 Å². The molecule has 0 bridgehead atoms. The van der Waals surface area contributed by atoms with Gasteiger partial charge in [-0.05, 0) is 0 Å². The Balaban J connectivity index is 1.38. The lowest BCUT2D eigenvalue weighted by atomic mass is 9.94. The molecule has 0 aromatic rings. The minimum absolute atomic E-state index is 0.447. The van der Waals surface area contributed by atoms with Gasteiger partial charge in [-0.15, -0.1) is 0 Å². The third kappa shape index (κ3) is 7.59. The van der Waals surface area contributed by atoms with E-state index >= 15 is 0 Å². The predicted octanol–water partition coefficient (Wildman–Crippen LogP) is -9.88. The summed E-state index contributed by atoms with van der Waals surface area (Å²) in [5, 5.41) is 100. The first kappa shape index (κ1) is 37.0. The molecule has 0 spiro atoms. The van der Waals surface area contributed by atoms with Gasteiger partial charge in [0, 0.05) is 0 Å². The second-order valence-corrected chi connectivity index (χ2v) is 11.5. The highest BCUT2D eigenvalue weighted by Crippen LogP contribution is 2.30. The van der Waals surface area contributed by atoms with Gasteiger partial charge in [0.15, 0.2) is 25.2 Å². The number of rotatable bonds is 10. The Kier molecular flexibility index (Phi) is 12.8. The van der Waals surface area contributed by atoms with Crippen molar-refractivity contribution in [2.45, 2.75) is 123 Å². The van der Waals surface area contributed by atoms with Gasteiger partial charge in [0.25, 0.3) is 0 Å². The number of hydrogen-bond donors (Lipinski definition) is 14. The number of nitrogens with two attached hydrogens (primary N) is 4. The Labute approximate surface area is 256 Å². The molecule has 4 aliphatic rings. The Morgan fingerprint density at radius 2 is 0.867 bits per heavy atom. The molecule has 18 N–H and O–H groups in total. The second kappa shape index (κ2) is 15.6. The fourth-order valence-electron chi connectivity index (χ4n) is 5.56. The lowest BCUT2D eigenvalue weighted by Gasteiger charge is -2.47. The maximum atomic E-state index is 10.7. The second-order valence-electron chi connectivity index (χ2n) is 11.5. The van der Waals surface area contributed by atoms with E-state index in [-0.39, 0.29) is 0 Å². The SMILES string of the molecule is N[C@@H]1[C@@H](N)[C@H](O[C@H]2O[C@H](CO)[C@@H](O)[C@H](O)[C@@H]2O)O[C@H](CO[C@@H]2O[C@H](CO)[C@@H](O[C@H]3O[C@H](CO)[C@@H](O)[C@H](O)[C@@H]3O)[C@H](N)[C@H]2N)[C@H]1O. The molecule has 20 atom stereocenters. The Bertz CT molecular complexity index is 927. The molecule has 264 valence electrons. The fourth-order valence-corrected chi connectivity index (χ4v) is 5.56. The third-order valence-electron chi connectivity index (χ3n) is 8.52. The van der Waals surface area contributed by atoms with Crippen molar-refractivity contribution in [1.29, 1.82) is 0 Å². The summed E-state index contributed by atoms with van der Waals surface area (Å²) in [7, 11) is 0. The first-order chi connectivity index (χ1) is 21.2. The first-order valence-corrected chi connectivity index (χ1v) is 14.4. The minimum Gasteiger partial charge on any atom is -0.394 e. The van der Waals surface area contributed by atoms with Crippen LogP contribution in [0.15, 0.2) is 0 Å². The molecule has 45 heavy (non-hydrogen) atoms. The van der Waals surface area contributed by atoms with Gasteiger partial charge < -0.3 is 107 Å². The maximum Gasteiger partial charge on any atom is 0.189 e. The minimum atomic E-state index is -1.76. The van der Waals surface area contributed by atoms with Gasteiger partial charge in [0.1, 0.15) is 67.1 Å². The summed E-state index contributed by atoms with van der Waals surface area (Å²) in [6.07, 6.45) is -23.8. The molecular formula is C24H46N4O17.